The SMILES string of the molecule is CCCOC(=O)C=CC(=O)OCCCCCCN1CCOCC1. The molecule has 0 atom stereocenters. The summed E-state index contributed by atoms with van der Waals surface area (Å²) in [4.78, 5) is 25.0. The van der Waals surface area contributed by atoms with Crippen LogP contribution in [-0.4, -0.2) is 62.9 Å². The van der Waals surface area contributed by atoms with Crippen LogP contribution in [0.5, 0.6) is 0 Å². The van der Waals surface area contributed by atoms with Gasteiger partial charge in [0, 0.05) is 25.2 Å². The van der Waals surface area contributed by atoms with Crippen molar-refractivity contribution in [2.45, 2.75) is 39.0 Å². The van der Waals surface area contributed by atoms with Crippen LogP contribution in [0, 0.1) is 0 Å². The summed E-state index contributed by atoms with van der Waals surface area (Å²) in [6.45, 7) is 7.53. The van der Waals surface area contributed by atoms with Gasteiger partial charge in [-0.2, -0.15) is 0 Å². The fourth-order valence-electron chi connectivity index (χ4n) is 2.22. The Bertz CT molecular complexity index is 364. The zero-order chi connectivity index (χ0) is 16.8. The highest BCUT2D eigenvalue weighted by atomic mass is 16.5. The lowest BCUT2D eigenvalue weighted by atomic mass is 10.2. The van der Waals surface area contributed by atoms with Crippen molar-refractivity contribution in [2.75, 3.05) is 46.1 Å². The minimum atomic E-state index is -0.507. The fourth-order valence-corrected chi connectivity index (χ4v) is 2.22. The van der Waals surface area contributed by atoms with E-state index in [9.17, 15) is 9.59 Å². The average Bonchev–Trinajstić information content (AvgIpc) is 2.58. The Hall–Kier alpha value is -1.40. The van der Waals surface area contributed by atoms with Crippen molar-refractivity contribution in [1.82, 2.24) is 4.90 Å². The van der Waals surface area contributed by atoms with Crippen molar-refractivity contribution in [2.24, 2.45) is 0 Å². The summed E-state index contributed by atoms with van der Waals surface area (Å²) < 4.78 is 15.2. The van der Waals surface area contributed by atoms with Gasteiger partial charge in [0.2, 0.25) is 0 Å². The van der Waals surface area contributed by atoms with E-state index in [4.69, 9.17) is 14.2 Å². The molecule has 0 bridgehead atoms. The zero-order valence-corrected chi connectivity index (χ0v) is 14.1. The first kappa shape index (κ1) is 19.6. The molecule has 0 aromatic heterocycles. The normalized spacial score (nSPS) is 15.7. The van der Waals surface area contributed by atoms with Crippen molar-refractivity contribution in [1.29, 1.82) is 0 Å². The van der Waals surface area contributed by atoms with Crippen LogP contribution in [0.4, 0.5) is 0 Å². The number of unbranched alkanes of at least 4 members (excludes halogenated alkanes) is 3. The molecule has 0 radical (unpaired) electrons. The van der Waals surface area contributed by atoms with E-state index < -0.39 is 11.9 Å². The first-order valence-corrected chi connectivity index (χ1v) is 8.54. The van der Waals surface area contributed by atoms with Gasteiger partial charge in [-0.25, -0.2) is 9.59 Å². The molecule has 1 fully saturated rings. The maximum absolute atomic E-state index is 11.4. The molecule has 1 rings (SSSR count). The summed E-state index contributed by atoms with van der Waals surface area (Å²) >= 11 is 0. The van der Waals surface area contributed by atoms with Crippen LogP contribution in [-0.2, 0) is 23.8 Å². The second-order valence-corrected chi connectivity index (χ2v) is 5.54. The Labute approximate surface area is 138 Å². The fraction of sp³-hybridized carbons (Fsp3) is 0.765. The maximum Gasteiger partial charge on any atom is 0.331 e. The van der Waals surface area contributed by atoms with Crippen molar-refractivity contribution in [3.05, 3.63) is 12.2 Å². The number of hydrogen-bond acceptors (Lipinski definition) is 6. The van der Waals surface area contributed by atoms with Crippen LogP contribution in [0.15, 0.2) is 12.2 Å². The van der Waals surface area contributed by atoms with Gasteiger partial charge in [-0.15, -0.1) is 0 Å². The van der Waals surface area contributed by atoms with Crippen molar-refractivity contribution in [3.8, 4) is 0 Å². The number of ether oxygens (including phenoxy) is 3. The Balaban J connectivity index is 1.92. The molecule has 0 saturated carbocycles. The molecule has 0 unspecified atom stereocenters. The van der Waals surface area contributed by atoms with Gasteiger partial charge in [-0.3, -0.25) is 4.90 Å². The van der Waals surface area contributed by atoms with E-state index in [1.54, 1.807) is 0 Å². The van der Waals surface area contributed by atoms with Crippen LogP contribution in [0.2, 0.25) is 0 Å². The number of carbonyl (C=O) groups is 2. The van der Waals surface area contributed by atoms with Crippen LogP contribution in [0.25, 0.3) is 0 Å². The molecule has 0 aliphatic carbocycles. The molecule has 132 valence electrons. The van der Waals surface area contributed by atoms with Crippen molar-refractivity contribution >= 4 is 11.9 Å². The minimum absolute atomic E-state index is 0.364. The third-order valence-electron chi connectivity index (χ3n) is 3.52. The third kappa shape index (κ3) is 10.9. The van der Waals surface area contributed by atoms with E-state index in [0.29, 0.717) is 13.2 Å². The third-order valence-corrected chi connectivity index (χ3v) is 3.52. The first-order chi connectivity index (χ1) is 11.2. The number of hydrogen-bond donors (Lipinski definition) is 0. The Morgan fingerprint density at radius 2 is 1.57 bits per heavy atom. The second-order valence-electron chi connectivity index (χ2n) is 5.54. The van der Waals surface area contributed by atoms with Crippen molar-refractivity contribution < 1.29 is 23.8 Å². The van der Waals surface area contributed by atoms with Gasteiger partial charge in [-0.1, -0.05) is 19.8 Å². The Morgan fingerprint density at radius 3 is 2.22 bits per heavy atom. The van der Waals surface area contributed by atoms with E-state index in [1.807, 2.05) is 6.92 Å². The van der Waals surface area contributed by atoms with Gasteiger partial charge >= 0.3 is 11.9 Å². The highest BCUT2D eigenvalue weighted by molar-refractivity contribution is 5.91. The zero-order valence-electron chi connectivity index (χ0n) is 14.1. The molecule has 0 aromatic rings. The molecule has 0 spiro atoms. The van der Waals surface area contributed by atoms with Gasteiger partial charge in [0.05, 0.1) is 26.4 Å². The van der Waals surface area contributed by atoms with Gasteiger partial charge in [0.1, 0.15) is 0 Å². The van der Waals surface area contributed by atoms with E-state index >= 15 is 0 Å². The quantitative estimate of drug-likeness (QED) is 0.328. The summed E-state index contributed by atoms with van der Waals surface area (Å²) in [5, 5.41) is 0. The molecule has 1 aliphatic rings. The van der Waals surface area contributed by atoms with Crippen LogP contribution < -0.4 is 0 Å². The van der Waals surface area contributed by atoms with Crippen LogP contribution in [0.1, 0.15) is 39.0 Å². The molecular formula is C17H29NO5. The van der Waals surface area contributed by atoms with Crippen LogP contribution in [0.3, 0.4) is 0 Å². The first-order valence-electron chi connectivity index (χ1n) is 8.54. The Kier molecular flexibility index (Phi) is 11.2. The largest absolute Gasteiger partial charge is 0.463 e. The van der Waals surface area contributed by atoms with Gasteiger partial charge in [-0.05, 0) is 25.8 Å². The molecule has 1 heterocycles. The van der Waals surface area contributed by atoms with Gasteiger partial charge < -0.3 is 14.2 Å². The second kappa shape index (κ2) is 13.1. The molecule has 23 heavy (non-hydrogen) atoms. The van der Waals surface area contributed by atoms with Gasteiger partial charge in [0.15, 0.2) is 0 Å². The minimum Gasteiger partial charge on any atom is -0.463 e. The number of rotatable bonds is 11. The molecular weight excluding hydrogens is 298 g/mol. The molecule has 0 N–H and O–H groups in total. The predicted molar refractivity (Wildman–Crippen MR) is 87.1 cm³/mol. The highest BCUT2D eigenvalue weighted by Gasteiger charge is 2.08. The van der Waals surface area contributed by atoms with Crippen LogP contribution >= 0.6 is 0 Å². The summed E-state index contributed by atoms with van der Waals surface area (Å²) in [7, 11) is 0. The molecule has 1 aliphatic heterocycles. The average molecular weight is 327 g/mol. The van der Waals surface area contributed by atoms with Crippen molar-refractivity contribution in [3.63, 3.8) is 0 Å². The molecule has 0 aromatic carbocycles. The number of nitrogens with zero attached hydrogens (tertiary/aromatic N) is 1. The smallest absolute Gasteiger partial charge is 0.331 e. The summed E-state index contributed by atoms with van der Waals surface area (Å²) in [5.41, 5.74) is 0. The highest BCUT2D eigenvalue weighted by Crippen LogP contribution is 2.04. The maximum atomic E-state index is 11.4. The lowest BCUT2D eigenvalue weighted by molar-refractivity contribution is -0.140. The van der Waals surface area contributed by atoms with E-state index in [0.717, 1.165) is 77.1 Å². The Morgan fingerprint density at radius 1 is 0.957 bits per heavy atom. The number of morpholine rings is 1. The molecule has 6 heteroatoms. The lowest BCUT2D eigenvalue weighted by Crippen LogP contribution is -2.36. The topological polar surface area (TPSA) is 65.1 Å². The number of esters is 2. The van der Waals surface area contributed by atoms with E-state index in [1.165, 1.54) is 0 Å². The summed E-state index contributed by atoms with van der Waals surface area (Å²) in [6, 6.07) is 0. The van der Waals surface area contributed by atoms with Gasteiger partial charge in [0.25, 0.3) is 0 Å². The van der Waals surface area contributed by atoms with E-state index in [-0.39, 0.29) is 0 Å². The molecule has 6 nitrogen and oxygen atoms in total. The summed E-state index contributed by atoms with van der Waals surface area (Å²) in [5.74, 6) is -1.00. The lowest BCUT2D eigenvalue weighted by Gasteiger charge is -2.26. The molecule has 1 saturated heterocycles. The monoisotopic (exact) mass is 327 g/mol. The molecule has 0 amide bonds. The standard InChI is InChI=1S/C17H29NO5/c1-2-12-22-16(19)7-8-17(20)23-13-6-4-3-5-9-18-10-14-21-15-11-18/h7-8H,2-6,9-15H2,1H3. The summed E-state index contributed by atoms with van der Waals surface area (Å²) in [6.07, 6.45) is 7.18. The van der Waals surface area contributed by atoms with E-state index in [2.05, 4.69) is 4.90 Å². The predicted octanol–water partition coefficient (Wildman–Crippen LogP) is 1.93. The number of carbonyl (C=O) groups excluding carboxylic acids is 2.